The van der Waals surface area contributed by atoms with Gasteiger partial charge in [0.25, 0.3) is 0 Å². The molecule has 2 fully saturated rings. The van der Waals surface area contributed by atoms with Gasteiger partial charge in [0.1, 0.15) is 5.82 Å². The number of nitrogens with two attached hydrogens (primary N) is 1. The number of allylic oxidation sites excluding steroid dienone is 4. The van der Waals surface area contributed by atoms with Gasteiger partial charge in [-0.2, -0.15) is 0 Å². The molecule has 0 amide bonds. The van der Waals surface area contributed by atoms with Gasteiger partial charge in [0.15, 0.2) is 0 Å². The Morgan fingerprint density at radius 1 is 1.22 bits per heavy atom. The minimum atomic E-state index is -0.354. The molecule has 4 heteroatoms. The Hall–Kier alpha value is -1.52. The molecule has 0 bridgehead atoms. The summed E-state index contributed by atoms with van der Waals surface area (Å²) < 4.78 is 0. The first kappa shape index (κ1) is 18.8. The molecule has 1 unspecified atom stereocenters. The lowest BCUT2D eigenvalue weighted by molar-refractivity contribution is 0.179. The van der Waals surface area contributed by atoms with E-state index in [4.69, 9.17) is 5.73 Å². The van der Waals surface area contributed by atoms with Gasteiger partial charge in [-0.3, -0.25) is 0 Å². The summed E-state index contributed by atoms with van der Waals surface area (Å²) in [5.74, 6) is 2.31. The number of hydrogen-bond donors (Lipinski definition) is 2. The highest BCUT2D eigenvalue weighted by atomic mass is 16.3. The molecule has 3 N–H and O–H groups in total. The predicted octanol–water partition coefficient (Wildman–Crippen LogP) is 3.96. The monoisotopic (exact) mass is 367 g/mol. The van der Waals surface area contributed by atoms with Crippen molar-refractivity contribution in [3.05, 3.63) is 47.6 Å². The normalized spacial score (nSPS) is 36.1. The molecule has 27 heavy (non-hydrogen) atoms. The third-order valence-electron chi connectivity index (χ3n) is 7.32. The van der Waals surface area contributed by atoms with E-state index in [2.05, 4.69) is 29.0 Å². The topological polar surface area (TPSA) is 72.0 Å². The van der Waals surface area contributed by atoms with Crippen LogP contribution in [0.4, 0.5) is 0 Å². The van der Waals surface area contributed by atoms with Gasteiger partial charge in [0, 0.05) is 24.4 Å². The fourth-order valence-corrected chi connectivity index (χ4v) is 5.43. The fourth-order valence-electron chi connectivity index (χ4n) is 5.43. The zero-order valence-corrected chi connectivity index (χ0v) is 16.5. The summed E-state index contributed by atoms with van der Waals surface area (Å²) in [4.78, 5) is 8.72. The number of aromatic nitrogens is 2. The molecule has 0 aliphatic heterocycles. The largest absolute Gasteiger partial charge is 0.394 e. The lowest BCUT2D eigenvalue weighted by Gasteiger charge is -2.39. The van der Waals surface area contributed by atoms with Crippen molar-refractivity contribution in [3.63, 3.8) is 0 Å². The van der Waals surface area contributed by atoms with Gasteiger partial charge in [-0.1, -0.05) is 19.1 Å². The molecule has 4 atom stereocenters. The van der Waals surface area contributed by atoms with E-state index in [1.54, 1.807) is 11.1 Å². The average molecular weight is 368 g/mol. The highest BCUT2D eigenvalue weighted by Gasteiger charge is 2.44. The molecule has 146 valence electrons. The molecule has 0 spiro atoms. The second kappa shape index (κ2) is 7.48. The van der Waals surface area contributed by atoms with Crippen molar-refractivity contribution in [1.82, 2.24) is 9.97 Å². The molecule has 3 aliphatic rings. The molecule has 1 heterocycles. The van der Waals surface area contributed by atoms with Gasteiger partial charge in [0.05, 0.1) is 6.61 Å². The van der Waals surface area contributed by atoms with Crippen molar-refractivity contribution in [3.8, 4) is 0 Å². The molecule has 0 aromatic carbocycles. The predicted molar refractivity (Wildman–Crippen MR) is 108 cm³/mol. The molecule has 0 radical (unpaired) electrons. The van der Waals surface area contributed by atoms with E-state index < -0.39 is 0 Å². The number of aryl methyl sites for hydroxylation is 1. The van der Waals surface area contributed by atoms with Crippen LogP contribution in [0.15, 0.2) is 41.8 Å². The second-order valence-corrected chi connectivity index (χ2v) is 9.38. The quantitative estimate of drug-likeness (QED) is 0.826. The van der Waals surface area contributed by atoms with E-state index in [-0.39, 0.29) is 17.6 Å². The van der Waals surface area contributed by atoms with Gasteiger partial charge in [0.2, 0.25) is 0 Å². The van der Waals surface area contributed by atoms with Gasteiger partial charge in [-0.25, -0.2) is 9.97 Å². The van der Waals surface area contributed by atoms with Crippen LogP contribution in [0.2, 0.25) is 0 Å². The first-order valence-electron chi connectivity index (χ1n) is 10.6. The summed E-state index contributed by atoms with van der Waals surface area (Å²) in [5.41, 5.74) is 9.36. The van der Waals surface area contributed by atoms with Crippen LogP contribution in [-0.2, 0) is 6.42 Å². The van der Waals surface area contributed by atoms with Gasteiger partial charge in [-0.15, -0.1) is 0 Å². The Morgan fingerprint density at radius 3 is 2.78 bits per heavy atom. The average Bonchev–Trinajstić information content (AvgIpc) is 3.11. The first-order chi connectivity index (χ1) is 13.0. The summed E-state index contributed by atoms with van der Waals surface area (Å²) in [6.07, 6.45) is 18.8. The molecule has 2 saturated carbocycles. The summed E-state index contributed by atoms with van der Waals surface area (Å²) in [6, 6.07) is 1.88. The third-order valence-corrected chi connectivity index (χ3v) is 7.32. The van der Waals surface area contributed by atoms with Crippen LogP contribution in [0.1, 0.15) is 64.1 Å². The number of hydrogen-bond acceptors (Lipinski definition) is 4. The first-order valence-corrected chi connectivity index (χ1v) is 10.6. The van der Waals surface area contributed by atoms with Crippen molar-refractivity contribution >= 4 is 0 Å². The van der Waals surface area contributed by atoms with E-state index in [9.17, 15) is 5.11 Å². The molecule has 3 aliphatic carbocycles. The SMILES string of the molecule is CC1([C@H]2CC[C@](N)(CO)C2)C=C2CC[C@H](CCc3ncccn3)CC2=CC1. The van der Waals surface area contributed by atoms with E-state index in [0.29, 0.717) is 5.92 Å². The number of rotatable bonds is 5. The van der Waals surface area contributed by atoms with E-state index in [0.717, 1.165) is 43.8 Å². The van der Waals surface area contributed by atoms with Crippen LogP contribution in [0, 0.1) is 17.3 Å². The van der Waals surface area contributed by atoms with Crippen molar-refractivity contribution in [2.45, 2.75) is 70.3 Å². The zero-order chi connectivity index (χ0) is 18.9. The van der Waals surface area contributed by atoms with Crippen molar-refractivity contribution in [2.75, 3.05) is 6.61 Å². The van der Waals surface area contributed by atoms with Crippen LogP contribution < -0.4 is 5.73 Å². The minimum Gasteiger partial charge on any atom is -0.394 e. The maximum absolute atomic E-state index is 9.61. The summed E-state index contributed by atoms with van der Waals surface area (Å²) >= 11 is 0. The Bertz CT molecular complexity index is 728. The van der Waals surface area contributed by atoms with E-state index in [1.165, 1.54) is 25.7 Å². The second-order valence-electron chi connectivity index (χ2n) is 9.38. The summed E-state index contributed by atoms with van der Waals surface area (Å²) in [5, 5.41) is 9.61. The molecular weight excluding hydrogens is 334 g/mol. The van der Waals surface area contributed by atoms with Crippen LogP contribution in [-0.4, -0.2) is 27.2 Å². The van der Waals surface area contributed by atoms with Crippen LogP contribution in [0.3, 0.4) is 0 Å². The Morgan fingerprint density at radius 2 is 2.04 bits per heavy atom. The number of nitrogens with zero attached hydrogens (tertiary/aromatic N) is 2. The van der Waals surface area contributed by atoms with E-state index in [1.807, 2.05) is 18.5 Å². The zero-order valence-electron chi connectivity index (χ0n) is 16.5. The maximum Gasteiger partial charge on any atom is 0.128 e. The van der Waals surface area contributed by atoms with Crippen LogP contribution >= 0.6 is 0 Å². The standard InChI is InChI=1S/C23H33N3O/c1-22(20-8-10-23(24,15-20)16-27)9-7-18-13-17(3-5-19(18)14-22)4-6-21-25-11-2-12-26-21/h2,7,11-12,14,17,20,27H,3-6,8-10,13,15-16,24H2,1H3/t17-,20+,22?,23-/m1/s1. The lowest BCUT2D eigenvalue weighted by Crippen LogP contribution is -2.42. The molecule has 0 saturated heterocycles. The van der Waals surface area contributed by atoms with Crippen LogP contribution in [0.25, 0.3) is 0 Å². The van der Waals surface area contributed by atoms with E-state index >= 15 is 0 Å². The third kappa shape index (κ3) is 4.02. The maximum atomic E-state index is 9.61. The van der Waals surface area contributed by atoms with Crippen LogP contribution in [0.5, 0.6) is 0 Å². The summed E-state index contributed by atoms with van der Waals surface area (Å²) in [7, 11) is 0. The Kier molecular flexibility index (Phi) is 5.21. The van der Waals surface area contributed by atoms with Gasteiger partial charge >= 0.3 is 0 Å². The van der Waals surface area contributed by atoms with Gasteiger partial charge < -0.3 is 10.8 Å². The minimum absolute atomic E-state index is 0.115. The Balaban J connectivity index is 1.37. The highest BCUT2D eigenvalue weighted by Crippen LogP contribution is 2.51. The lowest BCUT2D eigenvalue weighted by atomic mass is 9.66. The molecule has 1 aromatic heterocycles. The Labute approximate surface area is 163 Å². The smallest absolute Gasteiger partial charge is 0.128 e. The molecule has 4 rings (SSSR count). The molecule has 4 nitrogen and oxygen atoms in total. The molecular formula is C23H33N3O. The number of fused-ring (bicyclic) bond motifs is 1. The summed E-state index contributed by atoms with van der Waals surface area (Å²) in [6.45, 7) is 2.52. The van der Waals surface area contributed by atoms with Crippen molar-refractivity contribution in [2.24, 2.45) is 23.0 Å². The van der Waals surface area contributed by atoms with Crippen molar-refractivity contribution in [1.29, 1.82) is 0 Å². The number of aliphatic hydroxyl groups is 1. The molecule has 1 aromatic rings. The fraction of sp³-hybridized carbons (Fsp3) is 0.652. The highest BCUT2D eigenvalue weighted by molar-refractivity contribution is 5.39. The van der Waals surface area contributed by atoms with Gasteiger partial charge in [-0.05, 0) is 85.8 Å². The van der Waals surface area contributed by atoms with Crippen molar-refractivity contribution < 1.29 is 5.11 Å². The number of aliphatic hydroxyl groups excluding tert-OH is 1.